The van der Waals surface area contributed by atoms with Crippen LogP contribution in [0.1, 0.15) is 13.8 Å². The largest absolute Gasteiger partial charge is 1.00 e. The second-order valence-corrected chi connectivity index (χ2v) is 4.76. The molecule has 0 radical (unpaired) electrons. The number of carbonyl (C=O) groups excluding carboxylic acids is 1. The van der Waals surface area contributed by atoms with Crippen molar-refractivity contribution in [2.24, 2.45) is 0 Å². The summed E-state index contributed by atoms with van der Waals surface area (Å²) in [5, 5.41) is 1.59. The zero-order valence-corrected chi connectivity index (χ0v) is 13.1. The van der Waals surface area contributed by atoms with Crippen LogP contribution in [0.15, 0.2) is 0 Å². The molecule has 0 fully saturated rings. The van der Waals surface area contributed by atoms with Crippen molar-refractivity contribution in [1.29, 1.82) is 0 Å². The van der Waals surface area contributed by atoms with Gasteiger partial charge in [-0.1, -0.05) is 0 Å². The third kappa shape index (κ3) is 6.09. The molecule has 1 atom stereocenters. The Morgan fingerprint density at radius 2 is 2.00 bits per heavy atom. The molecule has 0 spiro atoms. The van der Waals surface area contributed by atoms with Gasteiger partial charge >= 0.3 is 29.6 Å². The summed E-state index contributed by atoms with van der Waals surface area (Å²) in [5.74, 6) is -0.461. The van der Waals surface area contributed by atoms with E-state index in [1.807, 2.05) is 0 Å². The van der Waals surface area contributed by atoms with E-state index in [0.29, 0.717) is 0 Å². The fourth-order valence-electron chi connectivity index (χ4n) is 0.684. The van der Waals surface area contributed by atoms with Gasteiger partial charge < -0.3 is 15.8 Å². The molecule has 88 valence electrons. The minimum atomic E-state index is -4.24. The average molecular weight is 277 g/mol. The van der Waals surface area contributed by atoms with Crippen molar-refractivity contribution in [1.82, 2.24) is 10.3 Å². The molecule has 16 heavy (non-hydrogen) atoms. The van der Waals surface area contributed by atoms with Gasteiger partial charge in [-0.15, -0.1) is 7.05 Å². The first kappa shape index (κ1) is 18.6. The van der Waals surface area contributed by atoms with Gasteiger partial charge in [0.15, 0.2) is 10.5 Å². The molecule has 0 aromatic rings. The Morgan fingerprint density at radius 3 is 2.25 bits per heavy atom. The molecule has 0 saturated heterocycles. The standard InChI is InChI=1S/C6H12N3O4S2.Na/c1-4(15(11,12)13)8-6(14)9(7-3)5(2)10;/h4H,1-3H3,(H,8,14)(H,11,12,13);/q-1;+1. The van der Waals surface area contributed by atoms with Crippen molar-refractivity contribution in [3.63, 3.8) is 0 Å². The maximum Gasteiger partial charge on any atom is 1.00 e. The maximum absolute atomic E-state index is 10.9. The summed E-state index contributed by atoms with van der Waals surface area (Å²) in [6.45, 7) is 2.41. The Morgan fingerprint density at radius 1 is 1.56 bits per heavy atom. The van der Waals surface area contributed by atoms with Gasteiger partial charge in [-0.3, -0.25) is 9.35 Å². The van der Waals surface area contributed by atoms with Crippen LogP contribution < -0.4 is 34.9 Å². The average Bonchev–Trinajstić information content (AvgIpc) is 2.02. The van der Waals surface area contributed by atoms with Gasteiger partial charge in [0, 0.05) is 6.92 Å². The van der Waals surface area contributed by atoms with Crippen LogP contribution in [-0.2, 0) is 14.9 Å². The zero-order chi connectivity index (χ0) is 12.2. The molecule has 0 saturated carbocycles. The number of hydrogen-bond acceptors (Lipinski definition) is 4. The van der Waals surface area contributed by atoms with Crippen molar-refractivity contribution in [2.45, 2.75) is 19.2 Å². The molecule has 0 aromatic carbocycles. The van der Waals surface area contributed by atoms with Crippen molar-refractivity contribution in [3.05, 3.63) is 5.43 Å². The van der Waals surface area contributed by atoms with Crippen molar-refractivity contribution in [2.75, 3.05) is 7.05 Å². The summed E-state index contributed by atoms with van der Waals surface area (Å²) in [7, 11) is -2.92. The van der Waals surface area contributed by atoms with E-state index in [9.17, 15) is 13.2 Å². The maximum atomic E-state index is 10.9. The minimum absolute atomic E-state index is 0. The van der Waals surface area contributed by atoms with Crippen molar-refractivity contribution < 1.29 is 47.3 Å². The Bertz CT molecular complexity index is 359. The predicted octanol–water partition coefficient (Wildman–Crippen LogP) is -3.13. The minimum Gasteiger partial charge on any atom is -0.562 e. The van der Waals surface area contributed by atoms with Crippen molar-refractivity contribution in [3.8, 4) is 0 Å². The first-order valence-corrected chi connectivity index (χ1v) is 5.78. The Balaban J connectivity index is 0. The Labute approximate surface area is 122 Å². The Hall–Kier alpha value is 0.230. The van der Waals surface area contributed by atoms with E-state index in [2.05, 4.69) is 10.7 Å². The van der Waals surface area contributed by atoms with E-state index < -0.39 is 21.4 Å². The van der Waals surface area contributed by atoms with Crippen LogP contribution >= 0.6 is 12.2 Å². The summed E-state index contributed by atoms with van der Waals surface area (Å²) in [4.78, 5) is 10.9. The van der Waals surface area contributed by atoms with Gasteiger partial charge in [-0.2, -0.15) is 8.42 Å². The van der Waals surface area contributed by atoms with Gasteiger partial charge in [0.25, 0.3) is 10.1 Å². The van der Waals surface area contributed by atoms with E-state index >= 15 is 0 Å². The molecule has 7 nitrogen and oxygen atoms in total. The van der Waals surface area contributed by atoms with Crippen LogP contribution in [0.4, 0.5) is 0 Å². The number of nitrogens with zero attached hydrogens (tertiary/aromatic N) is 2. The van der Waals surface area contributed by atoms with Crippen LogP contribution in [0.5, 0.6) is 0 Å². The summed E-state index contributed by atoms with van der Waals surface area (Å²) in [6.07, 6.45) is 0. The molecule has 0 aliphatic rings. The molecule has 1 amide bonds. The van der Waals surface area contributed by atoms with Gasteiger partial charge in [0.1, 0.15) is 0 Å². The first-order valence-electron chi connectivity index (χ1n) is 3.87. The summed E-state index contributed by atoms with van der Waals surface area (Å²) in [6, 6.07) is 0. The summed E-state index contributed by atoms with van der Waals surface area (Å²) < 4.78 is 29.9. The monoisotopic (exact) mass is 277 g/mol. The second-order valence-electron chi connectivity index (χ2n) is 2.64. The molecule has 1 unspecified atom stereocenters. The molecule has 10 heteroatoms. The van der Waals surface area contributed by atoms with Crippen LogP contribution in [0.2, 0.25) is 0 Å². The van der Waals surface area contributed by atoms with E-state index in [-0.39, 0.29) is 34.7 Å². The molecule has 2 N–H and O–H groups in total. The van der Waals surface area contributed by atoms with E-state index in [1.54, 1.807) is 0 Å². The third-order valence-corrected chi connectivity index (χ3v) is 2.77. The SMILES string of the molecule is C[N-]N(C(C)=O)C(=S)NC(C)S(=O)(=O)O.[Na+]. The number of amides is 1. The summed E-state index contributed by atoms with van der Waals surface area (Å²) in [5.41, 5.74) is 3.53. The summed E-state index contributed by atoms with van der Waals surface area (Å²) >= 11 is 4.72. The number of nitrogens with one attached hydrogen (secondary N) is 1. The van der Waals surface area contributed by atoms with Gasteiger partial charge in [0.2, 0.25) is 5.91 Å². The number of carbonyl (C=O) groups is 1. The second kappa shape index (κ2) is 7.54. The van der Waals surface area contributed by atoms with Crippen LogP contribution in [0.25, 0.3) is 5.43 Å². The number of rotatable bonds is 3. The fourth-order valence-corrected chi connectivity index (χ4v) is 1.41. The van der Waals surface area contributed by atoms with Gasteiger partial charge in [-0.05, 0) is 19.1 Å². The third-order valence-electron chi connectivity index (χ3n) is 1.46. The van der Waals surface area contributed by atoms with Crippen LogP contribution in [-0.4, -0.2) is 41.4 Å². The smallest absolute Gasteiger partial charge is 0.562 e. The topological polar surface area (TPSA) is 101 Å². The fraction of sp³-hybridized carbons (Fsp3) is 0.667. The van der Waals surface area contributed by atoms with E-state index in [4.69, 9.17) is 16.8 Å². The molecular formula is C6H12N3NaO4S2. The predicted molar refractivity (Wildman–Crippen MR) is 58.5 cm³/mol. The molecule has 0 aliphatic heterocycles. The normalized spacial score (nSPS) is 12.2. The zero-order valence-electron chi connectivity index (χ0n) is 9.46. The molecule has 0 aliphatic carbocycles. The number of hydrogen-bond donors (Lipinski definition) is 2. The van der Waals surface area contributed by atoms with Crippen LogP contribution in [0.3, 0.4) is 0 Å². The molecule has 0 bridgehead atoms. The van der Waals surface area contributed by atoms with Gasteiger partial charge in [0.05, 0.1) is 0 Å². The van der Waals surface area contributed by atoms with E-state index in [1.165, 1.54) is 20.9 Å². The van der Waals surface area contributed by atoms with E-state index in [0.717, 1.165) is 5.01 Å². The molecule has 0 rings (SSSR count). The molecular weight excluding hydrogens is 265 g/mol. The Kier molecular flexibility index (Phi) is 8.76. The number of thiocarbonyl (C=S) groups is 1. The van der Waals surface area contributed by atoms with Gasteiger partial charge in [-0.25, -0.2) is 0 Å². The molecule has 0 heterocycles. The van der Waals surface area contributed by atoms with Crippen molar-refractivity contribution >= 4 is 33.4 Å². The van der Waals surface area contributed by atoms with Crippen LogP contribution in [0, 0.1) is 0 Å². The first-order chi connectivity index (χ1) is 6.70. The quantitative estimate of drug-likeness (QED) is 0.245. The molecule has 0 aromatic heterocycles.